The molecular weight excluding hydrogens is 284 g/mol. The molecule has 2 heterocycles. The highest BCUT2D eigenvalue weighted by atomic mass is 32.1. The van der Waals surface area contributed by atoms with E-state index in [0.717, 1.165) is 37.1 Å². The van der Waals surface area contributed by atoms with Crippen LogP contribution >= 0.6 is 12.2 Å². The second-order valence-electron chi connectivity index (χ2n) is 5.75. The van der Waals surface area contributed by atoms with E-state index in [4.69, 9.17) is 12.2 Å². The van der Waals surface area contributed by atoms with E-state index in [-0.39, 0.29) is 5.56 Å². The molecule has 2 aromatic rings. The third kappa shape index (κ3) is 2.37. The molecule has 1 saturated carbocycles. The van der Waals surface area contributed by atoms with Gasteiger partial charge in [0.05, 0.1) is 5.56 Å². The summed E-state index contributed by atoms with van der Waals surface area (Å²) < 4.78 is 4.41. The van der Waals surface area contributed by atoms with Crippen LogP contribution in [-0.4, -0.2) is 19.3 Å². The summed E-state index contributed by atoms with van der Waals surface area (Å²) in [5.74, 6) is 0.666. The molecule has 0 amide bonds. The molecule has 21 heavy (non-hydrogen) atoms. The molecule has 1 aliphatic carbocycles. The van der Waals surface area contributed by atoms with Crippen molar-refractivity contribution in [1.29, 1.82) is 0 Å². The van der Waals surface area contributed by atoms with Crippen molar-refractivity contribution in [2.24, 2.45) is 0 Å². The van der Waals surface area contributed by atoms with Gasteiger partial charge in [-0.3, -0.25) is 9.89 Å². The normalized spacial score (nSPS) is 14.6. The molecule has 0 unspecified atom stereocenters. The highest BCUT2D eigenvalue weighted by Gasteiger charge is 2.28. The van der Waals surface area contributed by atoms with Crippen molar-refractivity contribution in [3.63, 3.8) is 0 Å². The topological polar surface area (TPSA) is 55.6 Å². The molecule has 1 fully saturated rings. The summed E-state index contributed by atoms with van der Waals surface area (Å²) >= 11 is 5.28. The van der Waals surface area contributed by atoms with E-state index >= 15 is 0 Å². The number of pyridine rings is 1. The van der Waals surface area contributed by atoms with Crippen molar-refractivity contribution in [1.82, 2.24) is 19.3 Å². The first-order chi connectivity index (χ1) is 10.0. The smallest absolute Gasteiger partial charge is 0.262 e. The quantitative estimate of drug-likeness (QED) is 0.883. The van der Waals surface area contributed by atoms with Crippen molar-refractivity contribution >= 4 is 12.2 Å². The lowest BCUT2D eigenvalue weighted by Gasteiger charge is -2.14. The first kappa shape index (κ1) is 14.3. The maximum Gasteiger partial charge on any atom is 0.262 e. The lowest BCUT2D eigenvalue weighted by molar-refractivity contribution is 0.663. The second kappa shape index (κ2) is 5.26. The molecule has 2 aromatic heterocycles. The van der Waals surface area contributed by atoms with Crippen LogP contribution in [0, 0.1) is 18.6 Å². The van der Waals surface area contributed by atoms with Crippen LogP contribution < -0.4 is 5.56 Å². The van der Waals surface area contributed by atoms with Gasteiger partial charge in [-0.1, -0.05) is 6.92 Å². The lowest BCUT2D eigenvalue weighted by Crippen LogP contribution is -2.25. The van der Waals surface area contributed by atoms with Gasteiger partial charge in [-0.25, -0.2) is 0 Å². The summed E-state index contributed by atoms with van der Waals surface area (Å²) in [7, 11) is 0. The zero-order valence-corrected chi connectivity index (χ0v) is 13.5. The van der Waals surface area contributed by atoms with Crippen LogP contribution in [0.4, 0.5) is 0 Å². The summed E-state index contributed by atoms with van der Waals surface area (Å²) in [4.78, 5) is 12.9. The maximum atomic E-state index is 12.9. The summed E-state index contributed by atoms with van der Waals surface area (Å²) in [6, 6.07) is 2.43. The fourth-order valence-electron chi connectivity index (χ4n) is 2.90. The number of rotatable bonds is 4. The molecule has 5 nitrogen and oxygen atoms in total. The molecule has 0 radical (unpaired) electrons. The van der Waals surface area contributed by atoms with Gasteiger partial charge in [0.1, 0.15) is 0 Å². The van der Waals surface area contributed by atoms with Crippen LogP contribution in [-0.2, 0) is 6.54 Å². The highest BCUT2D eigenvalue weighted by molar-refractivity contribution is 7.71. The van der Waals surface area contributed by atoms with Gasteiger partial charge in [0.2, 0.25) is 0 Å². The Balaban J connectivity index is 2.26. The zero-order chi connectivity index (χ0) is 15.1. The van der Waals surface area contributed by atoms with Gasteiger partial charge < -0.3 is 9.13 Å². The highest BCUT2D eigenvalue weighted by Crippen LogP contribution is 2.35. The summed E-state index contributed by atoms with van der Waals surface area (Å²) in [6.07, 6.45) is 3.12. The summed E-state index contributed by atoms with van der Waals surface area (Å²) in [6.45, 7) is 6.82. The Labute approximate surface area is 128 Å². The standard InChI is InChI=1S/C15H20N4OS/c1-4-7-18-13(16-17-15(18)21)12-9(2)8-10(3)19(14(12)20)11-5-6-11/h8,11H,4-7H2,1-3H3,(H,17,21). The van der Waals surface area contributed by atoms with E-state index in [1.807, 2.05) is 23.0 Å². The van der Waals surface area contributed by atoms with Crippen LogP contribution in [0.3, 0.4) is 0 Å². The van der Waals surface area contributed by atoms with Gasteiger partial charge >= 0.3 is 0 Å². The van der Waals surface area contributed by atoms with Crippen LogP contribution in [0.2, 0.25) is 0 Å². The van der Waals surface area contributed by atoms with Crippen LogP contribution in [0.15, 0.2) is 10.9 Å². The number of aromatic amines is 1. The van der Waals surface area contributed by atoms with Crippen molar-refractivity contribution < 1.29 is 0 Å². The second-order valence-corrected chi connectivity index (χ2v) is 6.14. The molecule has 0 aromatic carbocycles. The SMILES string of the molecule is CCCn1c(-c2c(C)cc(C)n(C3CC3)c2=O)n[nH]c1=S. The average Bonchev–Trinajstić information content (AvgIpc) is 3.18. The van der Waals surface area contributed by atoms with Gasteiger partial charge in [-0.15, -0.1) is 0 Å². The van der Waals surface area contributed by atoms with Crippen molar-refractivity contribution in [2.45, 2.75) is 52.6 Å². The van der Waals surface area contributed by atoms with Gasteiger partial charge in [-0.05, 0) is 57.0 Å². The molecule has 0 spiro atoms. The van der Waals surface area contributed by atoms with Crippen molar-refractivity contribution in [3.8, 4) is 11.4 Å². The minimum absolute atomic E-state index is 0.0568. The van der Waals surface area contributed by atoms with Gasteiger partial charge in [-0.2, -0.15) is 5.10 Å². The average molecular weight is 304 g/mol. The van der Waals surface area contributed by atoms with E-state index in [1.54, 1.807) is 0 Å². The molecule has 3 rings (SSSR count). The number of hydrogen-bond donors (Lipinski definition) is 1. The van der Waals surface area contributed by atoms with Crippen LogP contribution in [0.25, 0.3) is 11.4 Å². The Bertz CT molecular complexity index is 795. The number of aryl methyl sites for hydroxylation is 2. The number of H-pyrrole nitrogens is 1. The summed E-state index contributed by atoms with van der Waals surface area (Å²) in [5, 5.41) is 7.13. The Kier molecular flexibility index (Phi) is 3.57. The predicted molar refractivity (Wildman–Crippen MR) is 85.1 cm³/mol. The number of aromatic nitrogens is 4. The Hall–Kier alpha value is -1.69. The molecule has 0 bridgehead atoms. The zero-order valence-electron chi connectivity index (χ0n) is 12.6. The first-order valence-corrected chi connectivity index (χ1v) is 7.83. The fraction of sp³-hybridized carbons (Fsp3) is 0.533. The number of nitrogens with zero attached hydrogens (tertiary/aromatic N) is 3. The third-order valence-corrected chi connectivity index (χ3v) is 4.29. The van der Waals surface area contributed by atoms with E-state index in [9.17, 15) is 4.79 Å². The molecule has 0 saturated heterocycles. The Morgan fingerprint density at radius 1 is 1.43 bits per heavy atom. The molecule has 0 atom stereocenters. The molecular formula is C15H20N4OS. The van der Waals surface area contributed by atoms with E-state index in [0.29, 0.717) is 22.2 Å². The molecule has 1 N–H and O–H groups in total. The first-order valence-electron chi connectivity index (χ1n) is 7.43. The minimum atomic E-state index is 0.0568. The van der Waals surface area contributed by atoms with Crippen molar-refractivity contribution in [3.05, 3.63) is 32.4 Å². The van der Waals surface area contributed by atoms with E-state index < -0.39 is 0 Å². The molecule has 6 heteroatoms. The molecule has 1 aliphatic rings. The fourth-order valence-corrected chi connectivity index (χ4v) is 3.13. The predicted octanol–water partition coefficient (Wildman–Crippen LogP) is 3.13. The van der Waals surface area contributed by atoms with Gasteiger partial charge in [0, 0.05) is 18.3 Å². The Morgan fingerprint density at radius 2 is 2.14 bits per heavy atom. The largest absolute Gasteiger partial charge is 0.309 e. The monoisotopic (exact) mass is 304 g/mol. The van der Waals surface area contributed by atoms with E-state index in [1.165, 1.54) is 0 Å². The molecule has 112 valence electrons. The number of nitrogens with one attached hydrogen (secondary N) is 1. The van der Waals surface area contributed by atoms with Crippen molar-refractivity contribution in [2.75, 3.05) is 0 Å². The number of hydrogen-bond acceptors (Lipinski definition) is 3. The van der Waals surface area contributed by atoms with Crippen LogP contribution in [0.5, 0.6) is 0 Å². The Morgan fingerprint density at radius 3 is 2.76 bits per heavy atom. The minimum Gasteiger partial charge on any atom is -0.309 e. The summed E-state index contributed by atoms with van der Waals surface area (Å²) in [5.41, 5.74) is 2.72. The molecule has 0 aliphatic heterocycles. The third-order valence-electron chi connectivity index (χ3n) is 3.97. The van der Waals surface area contributed by atoms with Gasteiger partial charge in [0.15, 0.2) is 10.6 Å². The van der Waals surface area contributed by atoms with Crippen LogP contribution in [0.1, 0.15) is 43.5 Å². The lowest BCUT2D eigenvalue weighted by atomic mass is 10.1. The van der Waals surface area contributed by atoms with Gasteiger partial charge in [0.25, 0.3) is 5.56 Å². The maximum absolute atomic E-state index is 12.9. The van der Waals surface area contributed by atoms with E-state index in [2.05, 4.69) is 23.2 Å².